The minimum absolute atomic E-state index is 0.0126. The highest BCUT2D eigenvalue weighted by molar-refractivity contribution is 7.92. The Morgan fingerprint density at radius 1 is 1.08 bits per heavy atom. The molecule has 0 spiro atoms. The number of hydrogen-bond acceptors (Lipinski definition) is 6. The highest BCUT2D eigenvalue weighted by Crippen LogP contribution is 2.36. The van der Waals surface area contributed by atoms with E-state index in [2.05, 4.69) is 5.32 Å². The lowest BCUT2D eigenvalue weighted by atomic mass is 10.1. The maximum absolute atomic E-state index is 13.4. The molecule has 1 heterocycles. The van der Waals surface area contributed by atoms with Crippen LogP contribution in [0.25, 0.3) is 0 Å². The monoisotopic (exact) mass is 535 g/mol. The predicted octanol–water partition coefficient (Wildman–Crippen LogP) is 3.43. The second-order valence-corrected chi connectivity index (χ2v) is 11.0. The molecule has 0 aromatic heterocycles. The zero-order valence-corrected chi connectivity index (χ0v) is 22.4. The normalized spacial score (nSPS) is 14.1. The van der Waals surface area contributed by atoms with Crippen molar-refractivity contribution < 1.29 is 31.9 Å². The number of benzene rings is 2. The molecule has 1 N–H and O–H groups in total. The highest BCUT2D eigenvalue weighted by atomic mass is 32.2. The Morgan fingerprint density at radius 3 is 2.41 bits per heavy atom. The summed E-state index contributed by atoms with van der Waals surface area (Å²) in [5.41, 5.74) is 1.08. The molecule has 0 bridgehead atoms. The fraction of sp³-hybridized carbons (Fsp3) is 0.462. The maximum atomic E-state index is 13.4. The summed E-state index contributed by atoms with van der Waals surface area (Å²) in [5, 5.41) is 2.89. The number of ether oxygens (including phenoxy) is 2. The van der Waals surface area contributed by atoms with E-state index in [1.54, 1.807) is 37.3 Å². The van der Waals surface area contributed by atoms with E-state index in [9.17, 15) is 22.4 Å². The fourth-order valence-corrected chi connectivity index (χ4v) is 4.84. The molecule has 9 nitrogen and oxygen atoms in total. The van der Waals surface area contributed by atoms with Crippen molar-refractivity contribution in [3.63, 3.8) is 0 Å². The van der Waals surface area contributed by atoms with Gasteiger partial charge in [0.2, 0.25) is 28.6 Å². The SMILES string of the molecule is CC[C@@H](C)NC(=O)[C@H](C)N(Cc1ccc(F)cc1)C(=O)CCCN(c1ccc2c(c1)OCO2)S(C)(=O)=O. The minimum Gasteiger partial charge on any atom is -0.454 e. The number of halogens is 1. The van der Waals surface area contributed by atoms with Crippen LogP contribution in [0.4, 0.5) is 10.1 Å². The highest BCUT2D eigenvalue weighted by Gasteiger charge is 2.27. The van der Waals surface area contributed by atoms with E-state index in [1.165, 1.54) is 21.3 Å². The van der Waals surface area contributed by atoms with E-state index in [0.29, 0.717) is 22.7 Å². The van der Waals surface area contributed by atoms with Gasteiger partial charge in [0, 0.05) is 31.6 Å². The predicted molar refractivity (Wildman–Crippen MR) is 138 cm³/mol. The first kappa shape index (κ1) is 28.2. The van der Waals surface area contributed by atoms with Crippen LogP contribution < -0.4 is 19.1 Å². The zero-order valence-electron chi connectivity index (χ0n) is 21.6. The Balaban J connectivity index is 1.72. The fourth-order valence-electron chi connectivity index (χ4n) is 3.88. The molecule has 3 rings (SSSR count). The molecule has 0 radical (unpaired) electrons. The topological polar surface area (TPSA) is 105 Å². The lowest BCUT2D eigenvalue weighted by molar-refractivity contribution is -0.140. The summed E-state index contributed by atoms with van der Waals surface area (Å²) < 4.78 is 50.3. The molecule has 2 atom stereocenters. The van der Waals surface area contributed by atoms with Crippen molar-refractivity contribution in [1.82, 2.24) is 10.2 Å². The Bertz CT molecular complexity index is 1210. The van der Waals surface area contributed by atoms with Gasteiger partial charge in [-0.2, -0.15) is 0 Å². The molecule has 11 heteroatoms. The molecular weight excluding hydrogens is 501 g/mol. The second-order valence-electron chi connectivity index (χ2n) is 9.12. The van der Waals surface area contributed by atoms with Gasteiger partial charge in [-0.15, -0.1) is 0 Å². The van der Waals surface area contributed by atoms with Crippen molar-refractivity contribution in [3.05, 3.63) is 53.8 Å². The van der Waals surface area contributed by atoms with Crippen LogP contribution in [0.1, 0.15) is 45.6 Å². The quantitative estimate of drug-likeness (QED) is 0.447. The molecular formula is C26H34FN3O6S. The maximum Gasteiger partial charge on any atom is 0.242 e. The Hall–Kier alpha value is -3.34. The van der Waals surface area contributed by atoms with Crippen LogP contribution in [0.15, 0.2) is 42.5 Å². The van der Waals surface area contributed by atoms with E-state index in [-0.39, 0.29) is 50.6 Å². The molecule has 2 aromatic rings. The number of nitrogens with one attached hydrogen (secondary N) is 1. The van der Waals surface area contributed by atoms with Gasteiger partial charge in [-0.1, -0.05) is 19.1 Å². The molecule has 2 amide bonds. The number of carbonyl (C=O) groups excluding carboxylic acids is 2. The second kappa shape index (κ2) is 12.3. The summed E-state index contributed by atoms with van der Waals surface area (Å²) in [6, 6.07) is 9.78. The van der Waals surface area contributed by atoms with Crippen molar-refractivity contribution in [3.8, 4) is 11.5 Å². The molecule has 0 unspecified atom stereocenters. The first-order valence-electron chi connectivity index (χ1n) is 12.2. The molecule has 202 valence electrons. The summed E-state index contributed by atoms with van der Waals surface area (Å²) in [4.78, 5) is 27.6. The largest absolute Gasteiger partial charge is 0.454 e. The van der Waals surface area contributed by atoms with Crippen molar-refractivity contribution in [2.75, 3.05) is 23.9 Å². The van der Waals surface area contributed by atoms with Gasteiger partial charge in [-0.05, 0) is 56.5 Å². The lowest BCUT2D eigenvalue weighted by Gasteiger charge is -2.30. The van der Waals surface area contributed by atoms with Crippen LogP contribution in [0.2, 0.25) is 0 Å². The molecule has 1 aliphatic heterocycles. The number of rotatable bonds is 12. The van der Waals surface area contributed by atoms with Crippen molar-refractivity contribution in [2.45, 2.75) is 58.7 Å². The van der Waals surface area contributed by atoms with Crippen LogP contribution in [0.3, 0.4) is 0 Å². The van der Waals surface area contributed by atoms with Crippen LogP contribution in [-0.2, 0) is 26.2 Å². The molecule has 0 fully saturated rings. The van der Waals surface area contributed by atoms with Gasteiger partial charge in [-0.3, -0.25) is 13.9 Å². The van der Waals surface area contributed by atoms with Crippen molar-refractivity contribution in [2.24, 2.45) is 0 Å². The van der Waals surface area contributed by atoms with Crippen LogP contribution >= 0.6 is 0 Å². The molecule has 2 aromatic carbocycles. The zero-order chi connectivity index (χ0) is 27.2. The molecule has 1 aliphatic rings. The number of nitrogens with zero attached hydrogens (tertiary/aromatic N) is 2. The average molecular weight is 536 g/mol. The molecule has 0 aliphatic carbocycles. The Morgan fingerprint density at radius 2 is 1.76 bits per heavy atom. The van der Waals surface area contributed by atoms with Crippen LogP contribution in [-0.4, -0.2) is 56.8 Å². The van der Waals surface area contributed by atoms with Crippen LogP contribution in [0, 0.1) is 5.82 Å². The Labute approximate surface area is 217 Å². The van der Waals surface area contributed by atoms with Gasteiger partial charge in [0.05, 0.1) is 11.9 Å². The van der Waals surface area contributed by atoms with Gasteiger partial charge >= 0.3 is 0 Å². The summed E-state index contributed by atoms with van der Waals surface area (Å²) in [7, 11) is -3.64. The van der Waals surface area contributed by atoms with E-state index in [1.807, 2.05) is 13.8 Å². The molecule has 0 saturated heterocycles. The summed E-state index contributed by atoms with van der Waals surface area (Å²) in [6.07, 6.45) is 2.08. The number of sulfonamides is 1. The number of hydrogen-bond donors (Lipinski definition) is 1. The average Bonchev–Trinajstić information content (AvgIpc) is 3.32. The van der Waals surface area contributed by atoms with E-state index in [4.69, 9.17) is 9.47 Å². The van der Waals surface area contributed by atoms with Crippen LogP contribution in [0.5, 0.6) is 11.5 Å². The summed E-state index contributed by atoms with van der Waals surface area (Å²) >= 11 is 0. The molecule has 37 heavy (non-hydrogen) atoms. The number of anilines is 1. The van der Waals surface area contributed by atoms with Gasteiger partial charge in [0.1, 0.15) is 11.9 Å². The van der Waals surface area contributed by atoms with Gasteiger partial charge in [-0.25, -0.2) is 12.8 Å². The standard InChI is InChI=1S/C26H34FN3O6S/c1-5-18(2)28-26(32)19(3)29(16-20-8-10-21(27)11-9-20)25(31)7-6-14-30(37(4,33)34)22-12-13-23-24(15-22)36-17-35-23/h8-13,15,18-19H,5-7,14,16-17H2,1-4H3,(H,28,32)/t18-,19+/m1/s1. The third kappa shape index (κ3) is 7.58. The first-order valence-corrected chi connectivity index (χ1v) is 14.1. The third-order valence-electron chi connectivity index (χ3n) is 6.23. The Kier molecular flexibility index (Phi) is 9.36. The number of amides is 2. The lowest BCUT2D eigenvalue weighted by Crippen LogP contribution is -2.49. The van der Waals surface area contributed by atoms with Gasteiger partial charge in [0.15, 0.2) is 11.5 Å². The first-order chi connectivity index (χ1) is 17.5. The van der Waals surface area contributed by atoms with Crippen molar-refractivity contribution in [1.29, 1.82) is 0 Å². The number of carbonyl (C=O) groups is 2. The van der Waals surface area contributed by atoms with E-state index < -0.39 is 21.9 Å². The van der Waals surface area contributed by atoms with E-state index in [0.717, 1.165) is 12.7 Å². The van der Waals surface area contributed by atoms with Gasteiger partial charge in [0.25, 0.3) is 0 Å². The van der Waals surface area contributed by atoms with E-state index >= 15 is 0 Å². The summed E-state index contributed by atoms with van der Waals surface area (Å²) in [6.45, 7) is 5.72. The minimum atomic E-state index is -3.64. The molecule has 0 saturated carbocycles. The van der Waals surface area contributed by atoms with Crippen molar-refractivity contribution >= 4 is 27.5 Å². The van der Waals surface area contributed by atoms with Gasteiger partial charge < -0.3 is 19.7 Å². The smallest absolute Gasteiger partial charge is 0.242 e. The number of fused-ring (bicyclic) bond motifs is 1. The summed E-state index contributed by atoms with van der Waals surface area (Å²) in [5.74, 6) is -0.00548. The third-order valence-corrected chi connectivity index (χ3v) is 7.42.